The van der Waals surface area contributed by atoms with E-state index in [1.54, 1.807) is 18.3 Å². The Morgan fingerprint density at radius 3 is 2.12 bits per heavy atom. The van der Waals surface area contributed by atoms with E-state index >= 15 is 0 Å². The summed E-state index contributed by atoms with van der Waals surface area (Å²) in [5.41, 5.74) is 3.89. The molecule has 1 aromatic heterocycles. The van der Waals surface area contributed by atoms with Gasteiger partial charge in [0.2, 0.25) is 0 Å². The van der Waals surface area contributed by atoms with Crippen molar-refractivity contribution in [1.29, 1.82) is 0 Å². The van der Waals surface area contributed by atoms with Crippen molar-refractivity contribution in [3.8, 4) is 11.3 Å². The third-order valence-corrected chi connectivity index (χ3v) is 8.46. The fourth-order valence-corrected chi connectivity index (χ4v) is 6.39. The van der Waals surface area contributed by atoms with Crippen LogP contribution in [-0.4, -0.2) is 15.9 Å². The second kappa shape index (κ2) is 14.3. The standard InChI is InChI=1S/C21H15FN.C15H24O2.Ir/c1-13-9-14(2)11-15(10-13)21-19-12-20(22)18-6-4-3-5-16(18)17(19)7-8-23-21;16-14(12-7-3-1-4-8-12)11-15(17)13-9-5-2-6-10-13;/h3-10,12H,1-2H3;11-13,16H,1-10H2;/q-1;;/b;14-11-;. The molecule has 2 aliphatic carbocycles. The summed E-state index contributed by atoms with van der Waals surface area (Å²) >= 11 is 0. The molecule has 0 amide bonds. The van der Waals surface area contributed by atoms with Crippen molar-refractivity contribution >= 4 is 27.3 Å². The van der Waals surface area contributed by atoms with Crippen molar-refractivity contribution in [3.05, 3.63) is 89.6 Å². The number of allylic oxidation sites excluding steroid dienone is 2. The number of carbonyl (C=O) groups is 1. The van der Waals surface area contributed by atoms with E-state index in [1.165, 1.54) is 38.5 Å². The van der Waals surface area contributed by atoms with Gasteiger partial charge in [0, 0.05) is 49.6 Å². The van der Waals surface area contributed by atoms with E-state index in [0.717, 1.165) is 64.2 Å². The molecular weight excluding hydrogens is 690 g/mol. The van der Waals surface area contributed by atoms with E-state index in [0.29, 0.717) is 11.1 Å². The van der Waals surface area contributed by atoms with Crippen molar-refractivity contribution in [2.75, 3.05) is 0 Å². The summed E-state index contributed by atoms with van der Waals surface area (Å²) in [6.45, 7) is 4.06. The van der Waals surface area contributed by atoms with Gasteiger partial charge in [0.15, 0.2) is 5.78 Å². The van der Waals surface area contributed by atoms with Gasteiger partial charge in [0.25, 0.3) is 0 Å². The maximum atomic E-state index is 14.5. The van der Waals surface area contributed by atoms with Gasteiger partial charge in [0.1, 0.15) is 5.82 Å². The smallest absolute Gasteiger partial charge is 0.162 e. The van der Waals surface area contributed by atoms with E-state index in [2.05, 4.69) is 17.1 Å². The molecule has 2 saturated carbocycles. The minimum atomic E-state index is -0.216. The first kappa shape index (κ1) is 31.1. The van der Waals surface area contributed by atoms with Crippen LogP contribution in [0.15, 0.2) is 66.6 Å². The molecule has 0 aliphatic heterocycles. The fraction of sp³-hybridized carbons (Fsp3) is 0.389. The van der Waals surface area contributed by atoms with Gasteiger partial charge in [0.05, 0.1) is 5.76 Å². The zero-order chi connectivity index (χ0) is 28.1. The predicted molar refractivity (Wildman–Crippen MR) is 162 cm³/mol. The molecule has 1 heterocycles. The van der Waals surface area contributed by atoms with Gasteiger partial charge >= 0.3 is 0 Å². The normalized spacial score (nSPS) is 16.6. The molecule has 2 fully saturated rings. The zero-order valence-corrected chi connectivity index (χ0v) is 26.4. The second-order valence-electron chi connectivity index (χ2n) is 11.6. The van der Waals surface area contributed by atoms with Crippen LogP contribution in [0.1, 0.15) is 75.3 Å². The number of aliphatic hydroxyl groups is 1. The Hall–Kier alpha value is -2.88. The van der Waals surface area contributed by atoms with Crippen LogP contribution in [0.25, 0.3) is 32.8 Å². The van der Waals surface area contributed by atoms with Gasteiger partial charge < -0.3 is 10.1 Å². The number of pyridine rings is 1. The van der Waals surface area contributed by atoms with E-state index < -0.39 is 0 Å². The molecule has 6 rings (SSSR count). The number of hydrogen-bond acceptors (Lipinski definition) is 3. The SMILES string of the molecule is Cc1[c-]c(-c2nccc3c2cc(F)c2ccccc23)cc(C)c1.O=C(/C=C(\O)C1CCCCC1)C1CCCCC1.[Ir]. The molecule has 3 aromatic carbocycles. The number of benzene rings is 3. The third-order valence-electron chi connectivity index (χ3n) is 8.46. The van der Waals surface area contributed by atoms with E-state index in [1.807, 2.05) is 50.2 Å². The Balaban J connectivity index is 0.000000193. The fourth-order valence-electron chi connectivity index (χ4n) is 6.39. The van der Waals surface area contributed by atoms with E-state index in [9.17, 15) is 14.3 Å². The molecule has 217 valence electrons. The van der Waals surface area contributed by atoms with Crippen molar-refractivity contribution < 1.29 is 34.4 Å². The van der Waals surface area contributed by atoms with Crippen molar-refractivity contribution in [2.45, 2.75) is 78.1 Å². The Morgan fingerprint density at radius 2 is 1.46 bits per heavy atom. The van der Waals surface area contributed by atoms with Crippen LogP contribution in [0.4, 0.5) is 4.39 Å². The van der Waals surface area contributed by atoms with Gasteiger partial charge in [-0.05, 0) is 59.7 Å². The monoisotopic (exact) mass is 729 g/mol. The number of halogens is 1. The van der Waals surface area contributed by atoms with Crippen LogP contribution >= 0.6 is 0 Å². The van der Waals surface area contributed by atoms with Crippen LogP contribution in [0.3, 0.4) is 0 Å². The number of hydrogen-bond donors (Lipinski definition) is 1. The van der Waals surface area contributed by atoms with Gasteiger partial charge in [-0.2, -0.15) is 0 Å². The third kappa shape index (κ3) is 7.50. The summed E-state index contributed by atoms with van der Waals surface area (Å²) < 4.78 is 14.5. The molecule has 0 spiro atoms. The summed E-state index contributed by atoms with van der Waals surface area (Å²) in [5.74, 6) is 0.769. The van der Waals surface area contributed by atoms with Crippen molar-refractivity contribution in [1.82, 2.24) is 4.98 Å². The summed E-state index contributed by atoms with van der Waals surface area (Å²) in [5, 5.41) is 13.4. The van der Waals surface area contributed by atoms with E-state index in [4.69, 9.17) is 0 Å². The molecule has 5 heteroatoms. The second-order valence-corrected chi connectivity index (χ2v) is 11.6. The number of nitrogens with zero attached hydrogens (tertiary/aromatic N) is 1. The Kier molecular flexibility index (Phi) is 10.9. The van der Waals surface area contributed by atoms with Crippen LogP contribution in [-0.2, 0) is 24.9 Å². The number of ketones is 1. The molecule has 0 bridgehead atoms. The van der Waals surface area contributed by atoms with Gasteiger partial charge in [-0.1, -0.05) is 76.6 Å². The minimum Gasteiger partial charge on any atom is -0.512 e. The van der Waals surface area contributed by atoms with E-state index in [-0.39, 0.29) is 43.5 Å². The summed E-state index contributed by atoms with van der Waals surface area (Å²) in [7, 11) is 0. The number of rotatable bonds is 4. The molecule has 2 aliphatic rings. The first-order valence-electron chi connectivity index (χ1n) is 14.8. The van der Waals surface area contributed by atoms with Crippen molar-refractivity contribution in [3.63, 3.8) is 0 Å². The first-order chi connectivity index (χ1) is 19.4. The van der Waals surface area contributed by atoms with Gasteiger partial charge in [-0.3, -0.25) is 4.79 Å². The molecule has 1 radical (unpaired) electrons. The van der Waals surface area contributed by atoms with Gasteiger partial charge in [-0.25, -0.2) is 4.39 Å². The number of aromatic nitrogens is 1. The predicted octanol–water partition coefficient (Wildman–Crippen LogP) is 9.77. The maximum absolute atomic E-state index is 14.5. The maximum Gasteiger partial charge on any atom is 0.162 e. The van der Waals surface area contributed by atoms with Crippen molar-refractivity contribution in [2.24, 2.45) is 11.8 Å². The minimum absolute atomic E-state index is 0. The number of carbonyl (C=O) groups excluding carboxylic acids is 1. The molecule has 0 unspecified atom stereocenters. The molecule has 4 aromatic rings. The largest absolute Gasteiger partial charge is 0.512 e. The van der Waals surface area contributed by atoms with Gasteiger partial charge in [-0.15, -0.1) is 34.9 Å². The Morgan fingerprint density at radius 1 is 0.854 bits per heavy atom. The number of fused-ring (bicyclic) bond motifs is 3. The quantitative estimate of drug-likeness (QED) is 0.0986. The first-order valence-corrected chi connectivity index (χ1v) is 14.8. The molecule has 0 saturated heterocycles. The van der Waals surface area contributed by atoms with Crippen LogP contribution in [0, 0.1) is 37.6 Å². The summed E-state index contributed by atoms with van der Waals surface area (Å²) in [6.07, 6.45) is 14.8. The number of aryl methyl sites for hydroxylation is 2. The summed E-state index contributed by atoms with van der Waals surface area (Å²) in [6, 6.07) is 18.6. The molecule has 0 atom stereocenters. The molecule has 41 heavy (non-hydrogen) atoms. The zero-order valence-electron chi connectivity index (χ0n) is 24.0. The number of aliphatic hydroxyl groups excluding tert-OH is 1. The molecule has 3 nitrogen and oxygen atoms in total. The average Bonchev–Trinajstić information content (AvgIpc) is 2.98. The summed E-state index contributed by atoms with van der Waals surface area (Å²) in [4.78, 5) is 16.5. The molecule has 1 N–H and O–H groups in total. The average molecular weight is 729 g/mol. The van der Waals surface area contributed by atoms with Crippen LogP contribution in [0.5, 0.6) is 0 Å². The van der Waals surface area contributed by atoms with Crippen LogP contribution in [0.2, 0.25) is 0 Å². The molecular formula is C36H39FIrNO2-. The topological polar surface area (TPSA) is 50.2 Å². The van der Waals surface area contributed by atoms with Crippen LogP contribution < -0.4 is 0 Å². The Bertz CT molecular complexity index is 1510. The Labute approximate surface area is 256 Å².